The van der Waals surface area contributed by atoms with Crippen molar-refractivity contribution in [2.75, 3.05) is 7.11 Å². The normalized spacial score (nSPS) is 10.5. The number of methoxy groups -OCH3 is 1. The molecule has 0 aliphatic rings. The summed E-state index contributed by atoms with van der Waals surface area (Å²) in [4.78, 5) is 15.6. The Morgan fingerprint density at radius 2 is 2.18 bits per heavy atom. The van der Waals surface area contributed by atoms with Crippen LogP contribution in [0.4, 0.5) is 0 Å². The fraction of sp³-hybridized carbons (Fsp3) is 0.231. The number of nitrogens with zero attached hydrogens (tertiary/aromatic N) is 1. The van der Waals surface area contributed by atoms with E-state index in [0.29, 0.717) is 10.7 Å². The first-order valence-corrected chi connectivity index (χ1v) is 5.60. The minimum Gasteiger partial charge on any atom is -0.469 e. The molecule has 17 heavy (non-hydrogen) atoms. The third-order valence-electron chi connectivity index (χ3n) is 2.58. The molecular formula is C13H12ClNO2. The molecule has 0 fully saturated rings. The van der Waals surface area contributed by atoms with Gasteiger partial charge in [0.2, 0.25) is 0 Å². The van der Waals surface area contributed by atoms with E-state index in [9.17, 15) is 4.79 Å². The van der Waals surface area contributed by atoms with Gasteiger partial charge in [-0.1, -0.05) is 17.7 Å². The summed E-state index contributed by atoms with van der Waals surface area (Å²) in [5, 5.41) is 1.68. The van der Waals surface area contributed by atoms with Crippen LogP contribution in [0.3, 0.4) is 0 Å². The van der Waals surface area contributed by atoms with Gasteiger partial charge in [0.05, 0.1) is 24.7 Å². The van der Waals surface area contributed by atoms with E-state index in [4.69, 9.17) is 11.6 Å². The maximum Gasteiger partial charge on any atom is 0.311 e. The number of aromatic nitrogens is 1. The number of fused-ring (bicyclic) bond motifs is 1. The van der Waals surface area contributed by atoms with E-state index in [1.54, 1.807) is 6.07 Å². The first kappa shape index (κ1) is 11.9. The van der Waals surface area contributed by atoms with Crippen LogP contribution in [0, 0.1) is 6.92 Å². The van der Waals surface area contributed by atoms with Crippen LogP contribution in [0.2, 0.25) is 5.02 Å². The molecule has 0 saturated carbocycles. The highest BCUT2D eigenvalue weighted by Crippen LogP contribution is 2.21. The van der Waals surface area contributed by atoms with Crippen LogP contribution >= 0.6 is 11.6 Å². The van der Waals surface area contributed by atoms with Crippen molar-refractivity contribution in [2.24, 2.45) is 0 Å². The van der Waals surface area contributed by atoms with Gasteiger partial charge < -0.3 is 4.74 Å². The molecule has 0 aliphatic carbocycles. The van der Waals surface area contributed by atoms with Gasteiger partial charge in [0.1, 0.15) is 0 Å². The quantitative estimate of drug-likeness (QED) is 0.769. The molecule has 0 saturated heterocycles. The highest BCUT2D eigenvalue weighted by Gasteiger charge is 2.07. The van der Waals surface area contributed by atoms with E-state index in [0.717, 1.165) is 16.5 Å². The predicted octanol–water partition coefficient (Wildman–Crippen LogP) is 2.91. The molecule has 0 amide bonds. The Balaban J connectivity index is 2.50. The lowest BCUT2D eigenvalue weighted by Gasteiger charge is -2.06. The third kappa shape index (κ3) is 2.56. The van der Waals surface area contributed by atoms with Crippen LogP contribution in [0.1, 0.15) is 11.3 Å². The molecule has 88 valence electrons. The topological polar surface area (TPSA) is 39.2 Å². The van der Waals surface area contributed by atoms with Gasteiger partial charge in [0, 0.05) is 10.4 Å². The zero-order valence-corrected chi connectivity index (χ0v) is 10.4. The summed E-state index contributed by atoms with van der Waals surface area (Å²) in [6.45, 7) is 1.98. The lowest BCUT2D eigenvalue weighted by molar-refractivity contribution is -0.139. The van der Waals surface area contributed by atoms with Crippen molar-refractivity contribution in [3.63, 3.8) is 0 Å². The maximum absolute atomic E-state index is 11.2. The number of carbonyl (C=O) groups is 1. The maximum atomic E-state index is 11.2. The fourth-order valence-electron chi connectivity index (χ4n) is 1.76. The van der Waals surface area contributed by atoms with Crippen molar-refractivity contribution in [1.82, 2.24) is 4.98 Å². The second-order valence-electron chi connectivity index (χ2n) is 3.84. The van der Waals surface area contributed by atoms with Crippen molar-refractivity contribution in [3.05, 3.63) is 40.5 Å². The van der Waals surface area contributed by atoms with Crippen molar-refractivity contribution in [3.8, 4) is 0 Å². The summed E-state index contributed by atoms with van der Waals surface area (Å²) in [7, 11) is 1.37. The molecule has 4 heteroatoms. The SMILES string of the molecule is COC(=O)Cc1cc(C)c2ccc(Cl)cc2n1. The van der Waals surface area contributed by atoms with Gasteiger partial charge in [-0.3, -0.25) is 9.78 Å². The van der Waals surface area contributed by atoms with Gasteiger partial charge in [-0.05, 0) is 30.7 Å². The minimum atomic E-state index is -0.293. The monoisotopic (exact) mass is 249 g/mol. The summed E-state index contributed by atoms with van der Waals surface area (Å²) in [5.41, 5.74) is 2.58. The van der Waals surface area contributed by atoms with Gasteiger partial charge in [-0.15, -0.1) is 0 Å². The molecule has 0 N–H and O–H groups in total. The van der Waals surface area contributed by atoms with Crippen molar-refractivity contribution >= 4 is 28.5 Å². The van der Waals surface area contributed by atoms with Crippen LogP contribution in [0.25, 0.3) is 10.9 Å². The van der Waals surface area contributed by atoms with E-state index in [1.807, 2.05) is 25.1 Å². The largest absolute Gasteiger partial charge is 0.469 e. The molecule has 1 aromatic carbocycles. The summed E-state index contributed by atoms with van der Waals surface area (Å²) in [5.74, 6) is -0.293. The second kappa shape index (κ2) is 4.72. The van der Waals surface area contributed by atoms with Gasteiger partial charge in [-0.2, -0.15) is 0 Å². The van der Waals surface area contributed by atoms with Crippen molar-refractivity contribution < 1.29 is 9.53 Å². The zero-order chi connectivity index (χ0) is 12.4. The predicted molar refractivity (Wildman–Crippen MR) is 67.2 cm³/mol. The van der Waals surface area contributed by atoms with E-state index in [-0.39, 0.29) is 12.4 Å². The number of benzene rings is 1. The highest BCUT2D eigenvalue weighted by atomic mass is 35.5. The van der Waals surface area contributed by atoms with Gasteiger partial charge >= 0.3 is 5.97 Å². The molecular weight excluding hydrogens is 238 g/mol. The summed E-state index contributed by atoms with van der Waals surface area (Å²) < 4.78 is 4.62. The Bertz CT molecular complexity index is 581. The third-order valence-corrected chi connectivity index (χ3v) is 2.82. The van der Waals surface area contributed by atoms with Gasteiger partial charge in [0.15, 0.2) is 0 Å². The molecule has 1 aromatic heterocycles. The number of hydrogen-bond acceptors (Lipinski definition) is 3. The van der Waals surface area contributed by atoms with Gasteiger partial charge in [-0.25, -0.2) is 0 Å². The Labute approximate surface area is 104 Å². The Hall–Kier alpha value is -1.61. The van der Waals surface area contributed by atoms with Crippen molar-refractivity contribution in [1.29, 1.82) is 0 Å². The van der Waals surface area contributed by atoms with Crippen LogP contribution in [0.15, 0.2) is 24.3 Å². The number of aryl methyl sites for hydroxylation is 1. The number of halogens is 1. The van der Waals surface area contributed by atoms with Crippen LogP contribution in [0.5, 0.6) is 0 Å². The number of hydrogen-bond donors (Lipinski definition) is 0. The van der Waals surface area contributed by atoms with Gasteiger partial charge in [0.25, 0.3) is 0 Å². The molecule has 2 rings (SSSR count). The smallest absolute Gasteiger partial charge is 0.311 e. The second-order valence-corrected chi connectivity index (χ2v) is 4.28. The molecule has 0 aliphatic heterocycles. The lowest BCUT2D eigenvalue weighted by atomic mass is 10.1. The molecule has 2 aromatic rings. The van der Waals surface area contributed by atoms with E-state index in [1.165, 1.54) is 7.11 Å². The standard InChI is InChI=1S/C13H12ClNO2/c1-8-5-10(7-13(16)17-2)15-12-6-9(14)3-4-11(8)12/h3-6H,7H2,1-2H3. The summed E-state index contributed by atoms with van der Waals surface area (Å²) in [6.07, 6.45) is 0.180. The van der Waals surface area contributed by atoms with Crippen LogP contribution in [-0.2, 0) is 16.0 Å². The number of pyridine rings is 1. The number of carbonyl (C=O) groups excluding carboxylic acids is 1. The molecule has 0 bridgehead atoms. The minimum absolute atomic E-state index is 0.180. The number of rotatable bonds is 2. The van der Waals surface area contributed by atoms with E-state index in [2.05, 4.69) is 9.72 Å². The van der Waals surface area contributed by atoms with Crippen LogP contribution in [-0.4, -0.2) is 18.1 Å². The van der Waals surface area contributed by atoms with E-state index >= 15 is 0 Å². The molecule has 0 radical (unpaired) electrons. The lowest BCUT2D eigenvalue weighted by Crippen LogP contribution is -2.06. The molecule has 0 spiro atoms. The summed E-state index contributed by atoms with van der Waals surface area (Å²) >= 11 is 5.92. The number of ether oxygens (including phenoxy) is 1. The first-order chi connectivity index (χ1) is 8.10. The average molecular weight is 250 g/mol. The highest BCUT2D eigenvalue weighted by molar-refractivity contribution is 6.31. The van der Waals surface area contributed by atoms with Crippen LogP contribution < -0.4 is 0 Å². The Kier molecular flexibility index (Phi) is 3.29. The average Bonchev–Trinajstić information content (AvgIpc) is 2.28. The molecule has 0 atom stereocenters. The zero-order valence-electron chi connectivity index (χ0n) is 9.66. The summed E-state index contributed by atoms with van der Waals surface area (Å²) in [6, 6.07) is 7.46. The molecule has 3 nitrogen and oxygen atoms in total. The Morgan fingerprint density at radius 1 is 1.41 bits per heavy atom. The fourth-order valence-corrected chi connectivity index (χ4v) is 1.92. The Morgan fingerprint density at radius 3 is 2.88 bits per heavy atom. The number of esters is 1. The first-order valence-electron chi connectivity index (χ1n) is 5.23. The molecule has 1 heterocycles. The molecule has 0 unspecified atom stereocenters. The van der Waals surface area contributed by atoms with Crippen molar-refractivity contribution in [2.45, 2.75) is 13.3 Å². The van der Waals surface area contributed by atoms with E-state index < -0.39 is 0 Å².